The lowest BCUT2D eigenvalue weighted by atomic mass is 10.1. The van der Waals surface area contributed by atoms with Crippen molar-refractivity contribution in [2.75, 3.05) is 31.7 Å². The number of hydrogen-bond donors (Lipinski definition) is 2. The molecule has 2 aliphatic rings. The Kier molecular flexibility index (Phi) is 5.91. The normalized spacial score (nSPS) is 20.0. The predicted octanol–water partition coefficient (Wildman–Crippen LogP) is 2.06. The summed E-state index contributed by atoms with van der Waals surface area (Å²) in [5.74, 6) is -3.93. The number of halogens is 2. The van der Waals surface area contributed by atoms with Crippen LogP contribution in [0.1, 0.15) is 36.2 Å². The summed E-state index contributed by atoms with van der Waals surface area (Å²) in [6.45, 7) is 2.07. The molecule has 1 saturated heterocycles. The van der Waals surface area contributed by atoms with Crippen molar-refractivity contribution in [1.29, 1.82) is 0 Å². The second-order valence-electron chi connectivity index (χ2n) is 7.86. The Morgan fingerprint density at radius 3 is 2.70 bits per heavy atom. The second kappa shape index (κ2) is 8.68. The number of nitrogens with two attached hydrogens (primary N) is 1. The Hall–Kier alpha value is -3.70. The fraction of sp³-hybridized carbons (Fsp3) is 0.429. The lowest BCUT2D eigenvalue weighted by Crippen LogP contribution is -2.31. The maximum absolute atomic E-state index is 15.8. The summed E-state index contributed by atoms with van der Waals surface area (Å²) in [5.41, 5.74) is 4.44. The largest absolute Gasteiger partial charge is 0.477 e. The quantitative estimate of drug-likeness (QED) is 0.365. The maximum Gasteiger partial charge on any atom is 0.341 e. The van der Waals surface area contributed by atoms with E-state index in [1.807, 2.05) is 0 Å². The summed E-state index contributed by atoms with van der Waals surface area (Å²) in [6.07, 6.45) is 2.53. The van der Waals surface area contributed by atoms with Gasteiger partial charge in [0.1, 0.15) is 36.6 Å². The third-order valence-electron chi connectivity index (χ3n) is 5.69. The van der Waals surface area contributed by atoms with Crippen molar-refractivity contribution in [3.63, 3.8) is 0 Å². The van der Waals surface area contributed by atoms with Gasteiger partial charge in [0.15, 0.2) is 5.82 Å². The molecular weight excluding hydrogens is 440 g/mol. The molecule has 2 fully saturated rings. The second-order valence-corrected chi connectivity index (χ2v) is 7.86. The van der Waals surface area contributed by atoms with Gasteiger partial charge < -0.3 is 30.0 Å². The Bertz CT molecular complexity index is 1240. The Morgan fingerprint density at radius 2 is 2.09 bits per heavy atom. The van der Waals surface area contributed by atoms with Crippen LogP contribution in [0.25, 0.3) is 10.9 Å². The van der Waals surface area contributed by atoms with Gasteiger partial charge in [-0.25, -0.2) is 13.6 Å². The molecule has 1 atom stereocenters. The van der Waals surface area contributed by atoms with Crippen LogP contribution in [0.5, 0.6) is 0 Å². The number of rotatable bonds is 7. The van der Waals surface area contributed by atoms with Crippen LogP contribution in [0.2, 0.25) is 0 Å². The van der Waals surface area contributed by atoms with Gasteiger partial charge in [-0.05, 0) is 25.8 Å². The molecule has 0 bridgehead atoms. The summed E-state index contributed by atoms with van der Waals surface area (Å²) >= 11 is 0. The molecule has 2 aromatic rings. The number of aromatic nitrogens is 1. The molecule has 2 heterocycles. The fourth-order valence-corrected chi connectivity index (χ4v) is 4.06. The molecule has 12 heteroatoms. The van der Waals surface area contributed by atoms with Crippen molar-refractivity contribution in [2.45, 2.75) is 25.8 Å². The zero-order valence-corrected chi connectivity index (χ0v) is 18.0. The van der Waals surface area contributed by atoms with Gasteiger partial charge in [0.25, 0.3) is 0 Å². The van der Waals surface area contributed by atoms with Gasteiger partial charge in [0.2, 0.25) is 5.43 Å². The van der Waals surface area contributed by atoms with Crippen LogP contribution in [-0.4, -0.2) is 54.0 Å². The number of nitrogens with zero attached hydrogens (tertiary/aromatic N) is 4. The van der Waals surface area contributed by atoms with Gasteiger partial charge >= 0.3 is 5.97 Å². The van der Waals surface area contributed by atoms with E-state index in [-0.39, 0.29) is 41.6 Å². The number of carboxylic acids is 1. The number of aromatic carboxylic acids is 1. The zero-order valence-electron chi connectivity index (χ0n) is 18.0. The molecule has 3 N–H and O–H groups in total. The third-order valence-corrected chi connectivity index (χ3v) is 5.69. The number of benzene rings is 1. The minimum atomic E-state index is -1.45. The van der Waals surface area contributed by atoms with Gasteiger partial charge in [0, 0.05) is 18.8 Å². The molecule has 1 saturated carbocycles. The average molecular weight is 463 g/mol. The Morgan fingerprint density at radius 1 is 1.36 bits per heavy atom. The lowest BCUT2D eigenvalue weighted by molar-refractivity contribution is 0.0694. The van der Waals surface area contributed by atoms with Crippen molar-refractivity contribution in [3.05, 3.63) is 39.7 Å². The molecule has 1 aliphatic carbocycles. The van der Waals surface area contributed by atoms with E-state index in [1.165, 1.54) is 16.6 Å². The molecular formula is C21H23F2N5O5. The molecule has 0 spiro atoms. The maximum atomic E-state index is 15.8. The lowest BCUT2D eigenvalue weighted by Gasteiger charge is -2.22. The number of hydrogen-bond acceptors (Lipinski definition) is 7. The molecule has 0 amide bonds. The molecule has 1 aromatic heterocycles. The zero-order chi connectivity index (χ0) is 23.9. The van der Waals surface area contributed by atoms with E-state index >= 15 is 8.78 Å². The van der Waals surface area contributed by atoms with Gasteiger partial charge in [0.05, 0.1) is 29.1 Å². The molecule has 1 aromatic carbocycles. The van der Waals surface area contributed by atoms with Crippen LogP contribution < -0.4 is 16.1 Å². The van der Waals surface area contributed by atoms with Crippen molar-refractivity contribution < 1.29 is 28.4 Å². The number of amidine groups is 1. The number of carbonyl (C=O) groups is 1. The molecule has 0 radical (unpaired) electrons. The van der Waals surface area contributed by atoms with Gasteiger partial charge in [-0.15, -0.1) is 0 Å². The molecule has 1 aliphatic heterocycles. The van der Waals surface area contributed by atoms with Crippen LogP contribution in [0, 0.1) is 17.6 Å². The first-order chi connectivity index (χ1) is 15.8. The molecule has 1 unspecified atom stereocenters. The van der Waals surface area contributed by atoms with Crippen LogP contribution in [0.3, 0.4) is 0 Å². The van der Waals surface area contributed by atoms with Crippen molar-refractivity contribution in [3.8, 4) is 0 Å². The first-order valence-corrected chi connectivity index (χ1v) is 10.4. The highest BCUT2D eigenvalue weighted by Gasteiger charge is 2.37. The van der Waals surface area contributed by atoms with Gasteiger partial charge in [-0.3, -0.25) is 4.79 Å². The van der Waals surface area contributed by atoms with E-state index in [1.54, 1.807) is 6.92 Å². The van der Waals surface area contributed by atoms with Gasteiger partial charge in [-0.2, -0.15) is 0 Å². The van der Waals surface area contributed by atoms with Crippen LogP contribution in [-0.2, 0) is 9.68 Å². The Labute approximate surface area is 186 Å². The highest BCUT2D eigenvalue weighted by atomic mass is 19.1. The molecule has 4 rings (SSSR count). The number of oxime groups is 2. The van der Waals surface area contributed by atoms with E-state index in [0.717, 1.165) is 12.3 Å². The van der Waals surface area contributed by atoms with E-state index in [0.29, 0.717) is 25.2 Å². The number of pyridine rings is 1. The summed E-state index contributed by atoms with van der Waals surface area (Å²) < 4.78 is 32.5. The van der Waals surface area contributed by atoms with Gasteiger partial charge in [-0.1, -0.05) is 10.3 Å². The van der Waals surface area contributed by atoms with Crippen LogP contribution >= 0.6 is 0 Å². The minimum absolute atomic E-state index is 0.00106. The van der Waals surface area contributed by atoms with E-state index in [2.05, 4.69) is 10.3 Å². The van der Waals surface area contributed by atoms with Crippen LogP contribution in [0.4, 0.5) is 14.5 Å². The SMILES string of the molecule is CCO/N=C(/N)C1CN(c2c(F)cc3c(=O)c(C(=O)O)cn(C4CC4)c3c2F)C/C1=N/OC. The molecule has 33 heavy (non-hydrogen) atoms. The first kappa shape index (κ1) is 22.5. The number of anilines is 1. The summed E-state index contributed by atoms with van der Waals surface area (Å²) in [5, 5.41) is 16.8. The summed E-state index contributed by atoms with van der Waals surface area (Å²) in [7, 11) is 1.34. The van der Waals surface area contributed by atoms with E-state index < -0.39 is 34.5 Å². The summed E-state index contributed by atoms with van der Waals surface area (Å²) in [6, 6.07) is 0.726. The molecule has 176 valence electrons. The smallest absolute Gasteiger partial charge is 0.341 e. The molecule has 10 nitrogen and oxygen atoms in total. The highest BCUT2D eigenvalue weighted by Crippen LogP contribution is 2.40. The fourth-order valence-electron chi connectivity index (χ4n) is 4.06. The van der Waals surface area contributed by atoms with Crippen LogP contribution in [0.15, 0.2) is 27.4 Å². The standard InChI is InChI=1S/C21H23F2N5O5/c1-3-33-26-20(24)12-7-27(9-15(12)25-32-2)18-14(22)6-11-17(16(18)23)28(10-4-5-10)8-13(19(11)29)21(30)31/h6,8,10,12H,3-5,7,9H2,1-2H3,(H2,24,26)(H,30,31)/b25-15-. The van der Waals surface area contributed by atoms with E-state index in [9.17, 15) is 14.7 Å². The van der Waals surface area contributed by atoms with E-state index in [4.69, 9.17) is 15.4 Å². The third kappa shape index (κ3) is 3.96. The Balaban J connectivity index is 1.86. The summed E-state index contributed by atoms with van der Waals surface area (Å²) in [4.78, 5) is 35.4. The van der Waals surface area contributed by atoms with Crippen molar-refractivity contribution in [2.24, 2.45) is 22.0 Å². The minimum Gasteiger partial charge on any atom is -0.477 e. The predicted molar refractivity (Wildman–Crippen MR) is 117 cm³/mol. The first-order valence-electron chi connectivity index (χ1n) is 10.4. The van der Waals surface area contributed by atoms with Crippen molar-refractivity contribution in [1.82, 2.24) is 4.57 Å². The highest BCUT2D eigenvalue weighted by molar-refractivity contribution is 6.10. The monoisotopic (exact) mass is 463 g/mol. The topological polar surface area (TPSA) is 132 Å². The number of fused-ring (bicyclic) bond motifs is 1. The number of carboxylic acid groups (broad SMARTS) is 1. The average Bonchev–Trinajstić information content (AvgIpc) is 3.53. The van der Waals surface area contributed by atoms with Crippen molar-refractivity contribution >= 4 is 34.1 Å².